The van der Waals surface area contributed by atoms with Crippen molar-refractivity contribution in [2.75, 3.05) is 35.8 Å². The van der Waals surface area contributed by atoms with Gasteiger partial charge >= 0.3 is 0 Å². The van der Waals surface area contributed by atoms with Crippen LogP contribution in [0.25, 0.3) is 0 Å². The molecule has 1 atom stereocenters. The lowest BCUT2D eigenvalue weighted by Gasteiger charge is -2.20. The average molecular weight is 458 g/mol. The van der Waals surface area contributed by atoms with E-state index < -0.39 is 0 Å². The molecule has 0 spiro atoms. The summed E-state index contributed by atoms with van der Waals surface area (Å²) in [6, 6.07) is 13.9. The van der Waals surface area contributed by atoms with Gasteiger partial charge in [-0.25, -0.2) is 4.99 Å². The number of halogens is 1. The number of carbonyl (C=O) groups is 1. The summed E-state index contributed by atoms with van der Waals surface area (Å²) in [5.41, 5.74) is 3.00. The van der Waals surface area contributed by atoms with E-state index in [9.17, 15) is 4.79 Å². The SMILES string of the molecule is CCN1C(=O)C(=C2N(C)c3ccccc3N2C)SC1=NC1Nc2ccc(Cl)cc2S1. The molecule has 0 radical (unpaired) electrons. The summed E-state index contributed by atoms with van der Waals surface area (Å²) in [7, 11) is 4.00. The van der Waals surface area contributed by atoms with Crippen LogP contribution < -0.4 is 15.1 Å². The Labute approximate surface area is 189 Å². The number of hydrogen-bond donors (Lipinski definition) is 1. The summed E-state index contributed by atoms with van der Waals surface area (Å²) in [6.07, 6.45) is 0. The van der Waals surface area contributed by atoms with Crippen LogP contribution >= 0.6 is 35.1 Å². The van der Waals surface area contributed by atoms with Crippen LogP contribution in [0.2, 0.25) is 5.02 Å². The number of thioether (sulfide) groups is 2. The van der Waals surface area contributed by atoms with Gasteiger partial charge in [-0.05, 0) is 49.0 Å². The maximum atomic E-state index is 13.3. The Hall–Kier alpha value is -2.29. The van der Waals surface area contributed by atoms with Crippen LogP contribution in [-0.4, -0.2) is 42.1 Å². The summed E-state index contributed by atoms with van der Waals surface area (Å²) in [5.74, 6) is 0.878. The van der Waals surface area contributed by atoms with E-state index in [1.807, 2.05) is 51.4 Å². The summed E-state index contributed by atoms with van der Waals surface area (Å²) < 4.78 is 0. The number of amidine groups is 1. The van der Waals surface area contributed by atoms with Gasteiger partial charge < -0.3 is 15.1 Å². The van der Waals surface area contributed by atoms with E-state index in [-0.39, 0.29) is 11.4 Å². The maximum absolute atomic E-state index is 13.3. The molecule has 0 saturated carbocycles. The number of amides is 1. The summed E-state index contributed by atoms with van der Waals surface area (Å²) >= 11 is 9.16. The Balaban J connectivity index is 1.48. The highest BCUT2D eigenvalue weighted by molar-refractivity contribution is 8.18. The Bertz CT molecular complexity index is 1090. The molecular formula is C21H20ClN5OS2. The third-order valence-corrected chi connectivity index (χ3v) is 7.65. The van der Waals surface area contributed by atoms with Crippen molar-refractivity contribution in [3.63, 3.8) is 0 Å². The molecule has 154 valence electrons. The molecule has 1 N–H and O–H groups in total. The molecule has 5 rings (SSSR count). The van der Waals surface area contributed by atoms with Crippen LogP contribution in [0, 0.1) is 0 Å². The molecule has 9 heteroatoms. The van der Waals surface area contributed by atoms with Crippen molar-refractivity contribution < 1.29 is 4.79 Å². The second-order valence-corrected chi connectivity index (χ2v) is 9.61. The third-order valence-electron chi connectivity index (χ3n) is 5.31. The van der Waals surface area contributed by atoms with Gasteiger partial charge in [0, 0.05) is 30.6 Å². The fourth-order valence-corrected chi connectivity index (χ4v) is 6.42. The van der Waals surface area contributed by atoms with Gasteiger partial charge in [0.2, 0.25) is 0 Å². The number of benzene rings is 2. The van der Waals surface area contributed by atoms with Crippen molar-refractivity contribution in [1.29, 1.82) is 0 Å². The molecule has 30 heavy (non-hydrogen) atoms. The number of rotatable bonds is 2. The van der Waals surface area contributed by atoms with Crippen molar-refractivity contribution in [3.8, 4) is 0 Å². The molecule has 0 bridgehead atoms. The standard InChI is InChI=1S/C21H20ClN5OS2/c1-4-27-19(28)17(18-25(2)14-7-5-6-8-15(14)26(18)3)30-21(27)24-20-23-13-10-9-12(22)11-16(13)29-20/h5-11,20,23H,4H2,1-3H3. The maximum Gasteiger partial charge on any atom is 0.270 e. The molecule has 1 saturated heterocycles. The van der Waals surface area contributed by atoms with Crippen LogP contribution in [0.5, 0.6) is 0 Å². The molecule has 0 aromatic heterocycles. The second kappa shape index (κ2) is 7.44. The van der Waals surface area contributed by atoms with Crippen LogP contribution in [0.1, 0.15) is 6.92 Å². The molecule has 2 aromatic carbocycles. The van der Waals surface area contributed by atoms with Crippen LogP contribution in [0.15, 0.2) is 63.1 Å². The van der Waals surface area contributed by atoms with Gasteiger partial charge in [0.15, 0.2) is 10.7 Å². The highest BCUT2D eigenvalue weighted by atomic mass is 35.5. The zero-order chi connectivity index (χ0) is 21.0. The molecule has 1 fully saturated rings. The van der Waals surface area contributed by atoms with Gasteiger partial charge in [0.05, 0.1) is 17.1 Å². The zero-order valence-electron chi connectivity index (χ0n) is 16.7. The van der Waals surface area contributed by atoms with E-state index >= 15 is 0 Å². The van der Waals surface area contributed by atoms with Crippen molar-refractivity contribution in [2.45, 2.75) is 17.3 Å². The van der Waals surface area contributed by atoms with Gasteiger partial charge in [0.25, 0.3) is 5.91 Å². The first-order valence-electron chi connectivity index (χ1n) is 9.59. The Morgan fingerprint density at radius 1 is 1.13 bits per heavy atom. The van der Waals surface area contributed by atoms with E-state index in [1.54, 1.807) is 16.7 Å². The first kappa shape index (κ1) is 19.7. The number of likely N-dealkylation sites (N-methyl/N-ethyl adjacent to an activating group) is 1. The van der Waals surface area contributed by atoms with Crippen LogP contribution in [-0.2, 0) is 4.79 Å². The number of nitrogens with one attached hydrogen (secondary N) is 1. The molecule has 0 aliphatic carbocycles. The minimum Gasteiger partial charge on any atom is -0.354 e. The lowest BCUT2D eigenvalue weighted by molar-refractivity contribution is -0.122. The summed E-state index contributed by atoms with van der Waals surface area (Å²) in [4.78, 5) is 25.8. The van der Waals surface area contributed by atoms with Gasteiger partial charge in [0.1, 0.15) is 10.7 Å². The predicted molar refractivity (Wildman–Crippen MR) is 127 cm³/mol. The quantitative estimate of drug-likeness (QED) is 0.651. The fourth-order valence-electron chi connectivity index (χ4n) is 3.86. The highest BCUT2D eigenvalue weighted by Crippen LogP contribution is 2.46. The molecular weight excluding hydrogens is 438 g/mol. The van der Waals surface area contributed by atoms with Gasteiger partial charge in [-0.3, -0.25) is 9.69 Å². The number of hydrogen-bond acceptors (Lipinski definition) is 7. The van der Waals surface area contributed by atoms with E-state index in [0.29, 0.717) is 21.6 Å². The molecule has 1 amide bonds. The minimum absolute atomic E-state index is 0.00804. The van der Waals surface area contributed by atoms with E-state index in [2.05, 4.69) is 27.2 Å². The largest absolute Gasteiger partial charge is 0.354 e. The third kappa shape index (κ3) is 3.05. The van der Waals surface area contributed by atoms with Crippen molar-refractivity contribution >= 4 is 63.3 Å². The monoisotopic (exact) mass is 457 g/mol. The van der Waals surface area contributed by atoms with Gasteiger partial charge in [-0.15, -0.1) is 0 Å². The topological polar surface area (TPSA) is 51.2 Å². The van der Waals surface area contributed by atoms with Gasteiger partial charge in [-0.2, -0.15) is 0 Å². The van der Waals surface area contributed by atoms with E-state index in [1.165, 1.54) is 11.8 Å². The number of anilines is 3. The molecule has 2 aromatic rings. The Morgan fingerprint density at radius 2 is 1.83 bits per heavy atom. The number of aliphatic imine (C=N–C) groups is 1. The Morgan fingerprint density at radius 3 is 2.50 bits per heavy atom. The normalized spacial score (nSPS) is 21.6. The van der Waals surface area contributed by atoms with Crippen LogP contribution in [0.4, 0.5) is 17.1 Å². The fraction of sp³-hybridized carbons (Fsp3) is 0.238. The van der Waals surface area contributed by atoms with Crippen LogP contribution in [0.3, 0.4) is 0 Å². The minimum atomic E-state index is -0.191. The average Bonchev–Trinajstić information content (AvgIpc) is 3.35. The summed E-state index contributed by atoms with van der Waals surface area (Å²) in [5, 5.41) is 4.81. The van der Waals surface area contributed by atoms with E-state index in [0.717, 1.165) is 27.8 Å². The number of carbonyl (C=O) groups excluding carboxylic acids is 1. The molecule has 3 aliphatic heterocycles. The smallest absolute Gasteiger partial charge is 0.270 e. The first-order chi connectivity index (χ1) is 14.5. The number of fused-ring (bicyclic) bond motifs is 2. The predicted octanol–water partition coefficient (Wildman–Crippen LogP) is 4.85. The lowest BCUT2D eigenvalue weighted by Crippen LogP contribution is -2.32. The van der Waals surface area contributed by atoms with Crippen molar-refractivity contribution in [1.82, 2.24) is 4.90 Å². The number of para-hydroxylation sites is 2. The van der Waals surface area contributed by atoms with E-state index in [4.69, 9.17) is 16.6 Å². The van der Waals surface area contributed by atoms with Gasteiger partial charge in [-0.1, -0.05) is 35.5 Å². The second-order valence-electron chi connectivity index (χ2n) is 7.08. The number of nitrogens with zero attached hydrogens (tertiary/aromatic N) is 4. The molecule has 6 nitrogen and oxygen atoms in total. The molecule has 3 aliphatic rings. The highest BCUT2D eigenvalue weighted by Gasteiger charge is 2.40. The summed E-state index contributed by atoms with van der Waals surface area (Å²) in [6.45, 7) is 2.54. The van der Waals surface area contributed by atoms with Crippen molar-refractivity contribution in [3.05, 3.63) is 58.2 Å². The lowest BCUT2D eigenvalue weighted by atomic mass is 10.3. The first-order valence-corrected chi connectivity index (χ1v) is 11.7. The zero-order valence-corrected chi connectivity index (χ0v) is 19.1. The molecule has 1 unspecified atom stereocenters. The Kier molecular flexibility index (Phi) is 4.88. The van der Waals surface area contributed by atoms with Crippen molar-refractivity contribution in [2.24, 2.45) is 4.99 Å². The molecule has 3 heterocycles.